The van der Waals surface area contributed by atoms with Gasteiger partial charge in [-0.15, -0.1) is 0 Å². The third kappa shape index (κ3) is 1.75. The minimum atomic E-state index is -0.319. The molecule has 78 valence electrons. The molecule has 0 saturated heterocycles. The zero-order valence-electron chi connectivity index (χ0n) is 7.85. The fourth-order valence-electron chi connectivity index (χ4n) is 1.61. The van der Waals surface area contributed by atoms with Gasteiger partial charge in [0, 0.05) is 6.20 Å². The minimum Gasteiger partial charge on any atom is -0.293 e. The Kier molecular flexibility index (Phi) is 2.75. The Hall–Kier alpha value is -1.33. The molecule has 0 saturated carbocycles. The largest absolute Gasteiger partial charge is 0.293 e. The number of fused-ring (bicyclic) bond motifs is 1. The van der Waals surface area contributed by atoms with E-state index in [0.29, 0.717) is 0 Å². The SMILES string of the molecule is NNC(=O)C1C=CN(Br)c2ccccc21. The molecule has 1 atom stereocenters. The molecular weight excluding hydrogens is 258 g/mol. The molecule has 3 N–H and O–H groups in total. The van der Waals surface area contributed by atoms with Crippen LogP contribution in [0.15, 0.2) is 36.5 Å². The lowest BCUT2D eigenvalue weighted by Gasteiger charge is -2.24. The number of carbonyl (C=O) groups is 1. The zero-order chi connectivity index (χ0) is 10.8. The van der Waals surface area contributed by atoms with Crippen LogP contribution >= 0.6 is 16.1 Å². The number of nitrogens with two attached hydrogens (primary N) is 1. The highest BCUT2D eigenvalue weighted by atomic mass is 79.9. The second-order valence-electron chi connectivity index (χ2n) is 3.20. The zero-order valence-corrected chi connectivity index (χ0v) is 9.44. The highest BCUT2D eigenvalue weighted by molar-refractivity contribution is 9.10. The second-order valence-corrected chi connectivity index (χ2v) is 3.96. The number of halogens is 1. The van der Waals surface area contributed by atoms with Crippen molar-refractivity contribution in [1.82, 2.24) is 5.43 Å². The molecule has 1 unspecified atom stereocenters. The van der Waals surface area contributed by atoms with Crippen LogP contribution in [-0.2, 0) is 4.79 Å². The van der Waals surface area contributed by atoms with E-state index < -0.39 is 0 Å². The smallest absolute Gasteiger partial charge is 0.245 e. The molecular formula is C10H10BrN3O. The van der Waals surface area contributed by atoms with E-state index in [1.165, 1.54) is 0 Å². The quantitative estimate of drug-likeness (QED) is 0.350. The minimum absolute atomic E-state index is 0.209. The Morgan fingerprint density at radius 3 is 2.93 bits per heavy atom. The van der Waals surface area contributed by atoms with Crippen molar-refractivity contribution in [2.24, 2.45) is 5.84 Å². The number of hydrazine groups is 1. The lowest BCUT2D eigenvalue weighted by atomic mass is 9.94. The molecule has 1 aliphatic rings. The van der Waals surface area contributed by atoms with Gasteiger partial charge < -0.3 is 0 Å². The molecule has 0 radical (unpaired) electrons. The summed E-state index contributed by atoms with van der Waals surface area (Å²) in [6.45, 7) is 0. The predicted octanol–water partition coefficient (Wildman–Crippen LogP) is 1.40. The van der Waals surface area contributed by atoms with Crippen molar-refractivity contribution >= 4 is 27.7 Å². The van der Waals surface area contributed by atoms with Crippen molar-refractivity contribution in [3.05, 3.63) is 42.1 Å². The van der Waals surface area contributed by atoms with Crippen molar-refractivity contribution in [3.63, 3.8) is 0 Å². The van der Waals surface area contributed by atoms with E-state index in [1.54, 1.807) is 16.2 Å². The second kappa shape index (κ2) is 4.04. The van der Waals surface area contributed by atoms with Gasteiger partial charge >= 0.3 is 0 Å². The van der Waals surface area contributed by atoms with Crippen molar-refractivity contribution in [2.45, 2.75) is 5.92 Å². The molecule has 1 amide bonds. The van der Waals surface area contributed by atoms with E-state index in [2.05, 4.69) is 21.6 Å². The molecule has 1 aromatic rings. The Bertz CT molecular complexity index is 419. The molecule has 1 aliphatic heterocycles. The van der Waals surface area contributed by atoms with Crippen LogP contribution in [-0.4, -0.2) is 5.91 Å². The molecule has 0 aliphatic carbocycles. The number of amides is 1. The Balaban J connectivity index is 2.45. The Morgan fingerprint density at radius 1 is 1.47 bits per heavy atom. The summed E-state index contributed by atoms with van der Waals surface area (Å²) in [5.41, 5.74) is 4.05. The first kappa shape index (κ1) is 10.2. The number of carbonyl (C=O) groups excluding carboxylic acids is 1. The number of hydrogen-bond donors (Lipinski definition) is 2. The summed E-state index contributed by atoms with van der Waals surface area (Å²) in [7, 11) is 0. The molecule has 0 bridgehead atoms. The number of nitrogens with one attached hydrogen (secondary N) is 1. The van der Waals surface area contributed by atoms with Crippen LogP contribution in [0.2, 0.25) is 0 Å². The van der Waals surface area contributed by atoms with Crippen LogP contribution in [0.5, 0.6) is 0 Å². The van der Waals surface area contributed by atoms with Gasteiger partial charge in [0.25, 0.3) is 0 Å². The summed E-state index contributed by atoms with van der Waals surface area (Å²) < 4.78 is 1.79. The monoisotopic (exact) mass is 267 g/mol. The van der Waals surface area contributed by atoms with Gasteiger partial charge in [0.2, 0.25) is 5.91 Å². The number of para-hydroxylation sites is 1. The lowest BCUT2D eigenvalue weighted by Crippen LogP contribution is -2.35. The molecule has 15 heavy (non-hydrogen) atoms. The average molecular weight is 268 g/mol. The fraction of sp³-hybridized carbons (Fsp3) is 0.100. The van der Waals surface area contributed by atoms with Crippen LogP contribution in [0, 0.1) is 0 Å². The van der Waals surface area contributed by atoms with Gasteiger partial charge in [-0.25, -0.2) is 5.84 Å². The molecule has 1 heterocycles. The van der Waals surface area contributed by atoms with Crippen LogP contribution in [0.25, 0.3) is 0 Å². The first-order chi connectivity index (χ1) is 7.24. The van der Waals surface area contributed by atoms with Gasteiger partial charge in [0.15, 0.2) is 0 Å². The number of hydrogen-bond acceptors (Lipinski definition) is 3. The number of benzene rings is 1. The van der Waals surface area contributed by atoms with E-state index in [0.717, 1.165) is 11.3 Å². The van der Waals surface area contributed by atoms with Crippen molar-refractivity contribution < 1.29 is 4.79 Å². The molecule has 5 heteroatoms. The van der Waals surface area contributed by atoms with Crippen LogP contribution in [0.4, 0.5) is 5.69 Å². The predicted molar refractivity (Wildman–Crippen MR) is 62.1 cm³/mol. The normalized spacial score (nSPS) is 18.5. The van der Waals surface area contributed by atoms with Gasteiger partial charge in [-0.05, 0) is 11.6 Å². The van der Waals surface area contributed by atoms with Crippen molar-refractivity contribution in [2.75, 3.05) is 3.93 Å². The average Bonchev–Trinajstić information content (AvgIpc) is 2.29. The maximum atomic E-state index is 11.5. The molecule has 0 aromatic heterocycles. The summed E-state index contributed by atoms with van der Waals surface area (Å²) in [6.07, 6.45) is 3.58. The number of anilines is 1. The third-order valence-electron chi connectivity index (χ3n) is 2.34. The molecule has 1 aromatic carbocycles. The number of nitrogens with zero attached hydrogens (tertiary/aromatic N) is 1. The summed E-state index contributed by atoms with van der Waals surface area (Å²) in [5, 5.41) is 0. The standard InChI is InChI=1S/C10H10BrN3O/c11-14-6-5-8(10(15)13-12)7-3-1-2-4-9(7)14/h1-6,8H,12H2,(H,13,15). The van der Waals surface area contributed by atoms with Crippen LogP contribution in [0.3, 0.4) is 0 Å². The Labute approximate surface area is 96.1 Å². The molecule has 4 nitrogen and oxygen atoms in total. The molecule has 0 fully saturated rings. The summed E-state index contributed by atoms with van der Waals surface area (Å²) >= 11 is 3.37. The van der Waals surface area contributed by atoms with Gasteiger partial charge in [-0.2, -0.15) is 0 Å². The Morgan fingerprint density at radius 2 is 2.20 bits per heavy atom. The van der Waals surface area contributed by atoms with E-state index in [9.17, 15) is 4.79 Å². The first-order valence-corrected chi connectivity index (χ1v) is 5.17. The maximum Gasteiger partial charge on any atom is 0.245 e. The van der Waals surface area contributed by atoms with Crippen LogP contribution in [0.1, 0.15) is 11.5 Å². The molecule has 2 rings (SSSR count). The highest BCUT2D eigenvalue weighted by Gasteiger charge is 2.24. The van der Waals surface area contributed by atoms with Gasteiger partial charge in [0.1, 0.15) is 0 Å². The topological polar surface area (TPSA) is 58.4 Å². The van der Waals surface area contributed by atoms with Gasteiger partial charge in [0.05, 0.1) is 27.8 Å². The molecule has 0 spiro atoms. The highest BCUT2D eigenvalue weighted by Crippen LogP contribution is 2.34. The van der Waals surface area contributed by atoms with E-state index in [1.807, 2.05) is 24.3 Å². The van der Waals surface area contributed by atoms with E-state index >= 15 is 0 Å². The maximum absolute atomic E-state index is 11.5. The number of rotatable bonds is 1. The third-order valence-corrected chi connectivity index (χ3v) is 2.95. The summed E-state index contributed by atoms with van der Waals surface area (Å²) in [5.74, 6) is 4.61. The van der Waals surface area contributed by atoms with E-state index in [4.69, 9.17) is 5.84 Å². The summed E-state index contributed by atoms with van der Waals surface area (Å²) in [6, 6.07) is 7.66. The van der Waals surface area contributed by atoms with E-state index in [-0.39, 0.29) is 11.8 Å². The summed E-state index contributed by atoms with van der Waals surface area (Å²) in [4.78, 5) is 11.5. The fourth-order valence-corrected chi connectivity index (χ4v) is 2.07. The van der Waals surface area contributed by atoms with Crippen molar-refractivity contribution in [3.8, 4) is 0 Å². The first-order valence-electron chi connectivity index (χ1n) is 4.47. The van der Waals surface area contributed by atoms with Gasteiger partial charge in [-0.1, -0.05) is 24.3 Å². The van der Waals surface area contributed by atoms with Gasteiger partial charge in [-0.3, -0.25) is 14.1 Å². The lowest BCUT2D eigenvalue weighted by molar-refractivity contribution is -0.121. The van der Waals surface area contributed by atoms with Crippen molar-refractivity contribution in [1.29, 1.82) is 0 Å². The van der Waals surface area contributed by atoms with Crippen LogP contribution < -0.4 is 15.2 Å².